The number of aromatic nitrogens is 1. The number of amides is 3. The van der Waals surface area contributed by atoms with Gasteiger partial charge in [-0.2, -0.15) is 0 Å². The van der Waals surface area contributed by atoms with E-state index in [2.05, 4.69) is 15.6 Å². The summed E-state index contributed by atoms with van der Waals surface area (Å²) >= 11 is 0. The van der Waals surface area contributed by atoms with Gasteiger partial charge in [-0.3, -0.25) is 19.2 Å². The van der Waals surface area contributed by atoms with Crippen LogP contribution < -0.4 is 21.7 Å². The highest BCUT2D eigenvalue weighted by Gasteiger charge is 2.31. The average molecular weight is 493 g/mol. The molecule has 0 saturated heterocycles. The number of aromatic amines is 1. The van der Waals surface area contributed by atoms with Crippen LogP contribution >= 0.6 is 0 Å². The zero-order valence-electron chi connectivity index (χ0n) is 18.4. The normalized spacial score (nSPS) is 14.4. The second kappa shape index (κ2) is 12.5. The number of aliphatic hydroxyl groups is 2. The first-order chi connectivity index (χ1) is 16.6. The molecule has 0 fully saturated rings. The number of rotatable bonds is 13. The molecule has 3 amide bonds. The lowest BCUT2D eigenvalue weighted by Crippen LogP contribution is -2.58. The van der Waals surface area contributed by atoms with Crippen LogP contribution in [0, 0.1) is 0 Å². The van der Waals surface area contributed by atoms with E-state index >= 15 is 0 Å². The van der Waals surface area contributed by atoms with Gasteiger partial charge in [0, 0.05) is 17.1 Å². The number of hydrogen-bond donors (Lipinski definition) is 9. The monoisotopic (exact) mass is 493 g/mol. The van der Waals surface area contributed by atoms with Crippen LogP contribution in [0.3, 0.4) is 0 Å². The topological polar surface area (TPSA) is 244 Å². The van der Waals surface area contributed by atoms with Crippen LogP contribution in [0.1, 0.15) is 12.0 Å². The van der Waals surface area contributed by atoms with Gasteiger partial charge in [0.1, 0.15) is 18.1 Å². The largest absolute Gasteiger partial charge is 0.481 e. The molecule has 14 heteroatoms. The molecule has 4 atom stereocenters. The van der Waals surface area contributed by atoms with Gasteiger partial charge in [0.05, 0.1) is 25.7 Å². The van der Waals surface area contributed by atoms with Gasteiger partial charge in [-0.15, -0.1) is 0 Å². The first kappa shape index (κ1) is 27.2. The average Bonchev–Trinajstić information content (AvgIpc) is 3.22. The summed E-state index contributed by atoms with van der Waals surface area (Å²) in [6, 6.07) is 1.15. The lowest BCUT2D eigenvalue weighted by molar-refractivity contribution is -0.144. The van der Waals surface area contributed by atoms with Gasteiger partial charge in [-0.05, 0) is 18.1 Å². The van der Waals surface area contributed by atoms with E-state index in [1.54, 1.807) is 6.20 Å². The number of carboxylic acid groups (broad SMARTS) is 2. The smallest absolute Gasteiger partial charge is 0.328 e. The van der Waals surface area contributed by atoms with Crippen molar-refractivity contribution >= 4 is 40.6 Å². The second-order valence-electron chi connectivity index (χ2n) is 7.65. The highest BCUT2D eigenvalue weighted by Crippen LogP contribution is 2.18. The predicted octanol–water partition coefficient (Wildman–Crippen LogP) is -2.96. The molecule has 14 nitrogen and oxygen atoms in total. The Morgan fingerprint density at radius 3 is 2.03 bits per heavy atom. The molecule has 1 aromatic carbocycles. The van der Waals surface area contributed by atoms with Crippen molar-refractivity contribution in [3.63, 3.8) is 0 Å². The molecule has 1 aromatic heterocycles. The number of carboxylic acids is 2. The maximum Gasteiger partial charge on any atom is 0.328 e. The number of fused-ring (bicyclic) bond motifs is 1. The van der Waals surface area contributed by atoms with Gasteiger partial charge in [0.2, 0.25) is 17.7 Å². The Hall–Kier alpha value is -4.01. The van der Waals surface area contributed by atoms with E-state index in [0.29, 0.717) is 0 Å². The van der Waals surface area contributed by atoms with Gasteiger partial charge < -0.3 is 47.1 Å². The first-order valence-electron chi connectivity index (χ1n) is 10.4. The summed E-state index contributed by atoms with van der Waals surface area (Å²) in [5.74, 6) is -6.08. The molecule has 4 unspecified atom stereocenters. The molecule has 0 aliphatic rings. The lowest BCUT2D eigenvalue weighted by atomic mass is 10.0. The van der Waals surface area contributed by atoms with E-state index in [1.165, 1.54) is 0 Å². The molecule has 0 spiro atoms. The van der Waals surface area contributed by atoms with Crippen LogP contribution in [0.5, 0.6) is 0 Å². The van der Waals surface area contributed by atoms with E-state index in [9.17, 15) is 29.1 Å². The third-order valence-electron chi connectivity index (χ3n) is 5.08. The Morgan fingerprint density at radius 1 is 0.857 bits per heavy atom. The molecule has 0 bridgehead atoms. The fourth-order valence-electron chi connectivity index (χ4n) is 3.22. The Bertz CT molecular complexity index is 1090. The summed E-state index contributed by atoms with van der Waals surface area (Å²) in [5, 5.41) is 43.5. The van der Waals surface area contributed by atoms with Gasteiger partial charge in [0.25, 0.3) is 0 Å². The van der Waals surface area contributed by atoms with E-state index in [4.69, 9.17) is 21.1 Å². The second-order valence-corrected chi connectivity index (χ2v) is 7.65. The van der Waals surface area contributed by atoms with Gasteiger partial charge in [0.15, 0.2) is 0 Å². The molecular formula is C21H27N5O9. The number of aliphatic hydroxyl groups excluding tert-OH is 2. The van der Waals surface area contributed by atoms with Crippen molar-refractivity contribution in [2.45, 2.75) is 37.0 Å². The predicted molar refractivity (Wildman–Crippen MR) is 120 cm³/mol. The summed E-state index contributed by atoms with van der Waals surface area (Å²) in [4.78, 5) is 62.6. The quantitative estimate of drug-likeness (QED) is 0.137. The van der Waals surface area contributed by atoms with Crippen LogP contribution in [0.15, 0.2) is 30.5 Å². The van der Waals surface area contributed by atoms with Crippen LogP contribution in [0.2, 0.25) is 0 Å². The van der Waals surface area contributed by atoms with Crippen molar-refractivity contribution < 1.29 is 44.4 Å². The zero-order chi connectivity index (χ0) is 26.1. The standard InChI is InChI=1S/C21H27N5O9/c22-12(5-10-7-23-13-4-2-1-3-11(10)13)18(31)24-14(6-17(29)30)19(32)25-15(8-27)20(33)26-16(9-28)21(34)35/h1-4,7,12,14-16,23,27-28H,5-6,8-9,22H2,(H,24,31)(H,25,32)(H,26,33)(H,29,30)(H,34,35). The van der Waals surface area contributed by atoms with Crippen molar-refractivity contribution in [2.75, 3.05) is 13.2 Å². The van der Waals surface area contributed by atoms with E-state index in [-0.39, 0.29) is 6.42 Å². The summed E-state index contributed by atoms with van der Waals surface area (Å²) < 4.78 is 0. The zero-order valence-corrected chi connectivity index (χ0v) is 18.4. The summed E-state index contributed by atoms with van der Waals surface area (Å²) in [6.45, 7) is -1.91. The molecule has 10 N–H and O–H groups in total. The molecular weight excluding hydrogens is 466 g/mol. The van der Waals surface area contributed by atoms with Crippen molar-refractivity contribution in [3.8, 4) is 0 Å². The number of H-pyrrole nitrogens is 1. The Kier molecular flexibility index (Phi) is 9.69. The molecule has 2 rings (SSSR count). The summed E-state index contributed by atoms with van der Waals surface area (Å²) in [6.07, 6.45) is 0.905. The molecule has 190 valence electrons. The fraction of sp³-hybridized carbons (Fsp3) is 0.381. The van der Waals surface area contributed by atoms with Gasteiger partial charge >= 0.3 is 11.9 Å². The lowest BCUT2D eigenvalue weighted by Gasteiger charge is -2.23. The molecule has 35 heavy (non-hydrogen) atoms. The summed E-state index contributed by atoms with van der Waals surface area (Å²) in [5.41, 5.74) is 7.53. The van der Waals surface area contributed by atoms with Crippen molar-refractivity contribution in [2.24, 2.45) is 5.73 Å². The number of nitrogens with one attached hydrogen (secondary N) is 4. The SMILES string of the molecule is NC(Cc1c[nH]c2ccccc12)C(=O)NC(CC(=O)O)C(=O)NC(CO)C(=O)NC(CO)C(=O)O. The number of aliphatic carboxylic acids is 2. The third-order valence-corrected chi connectivity index (χ3v) is 5.08. The maximum absolute atomic E-state index is 12.6. The minimum atomic E-state index is -1.69. The van der Waals surface area contributed by atoms with Crippen LogP contribution in [0.4, 0.5) is 0 Å². The first-order valence-corrected chi connectivity index (χ1v) is 10.4. The Morgan fingerprint density at radius 2 is 1.43 bits per heavy atom. The highest BCUT2D eigenvalue weighted by molar-refractivity contribution is 5.96. The molecule has 1 heterocycles. The number of hydrogen-bond acceptors (Lipinski definition) is 8. The molecule has 0 aliphatic heterocycles. The van der Waals surface area contributed by atoms with E-state index < -0.39 is 73.5 Å². The van der Waals surface area contributed by atoms with Crippen molar-refractivity contribution in [1.82, 2.24) is 20.9 Å². The minimum absolute atomic E-state index is 0.0800. The molecule has 0 radical (unpaired) electrons. The number of nitrogens with two attached hydrogens (primary N) is 1. The number of carbonyl (C=O) groups is 5. The Labute approximate surface area is 198 Å². The van der Waals surface area contributed by atoms with Crippen LogP contribution in [-0.2, 0) is 30.4 Å². The molecule has 0 saturated carbocycles. The summed E-state index contributed by atoms with van der Waals surface area (Å²) in [7, 11) is 0. The van der Waals surface area contributed by atoms with Crippen molar-refractivity contribution in [3.05, 3.63) is 36.0 Å². The number of carbonyl (C=O) groups excluding carboxylic acids is 3. The maximum atomic E-state index is 12.6. The number of benzene rings is 1. The minimum Gasteiger partial charge on any atom is -0.481 e. The molecule has 2 aromatic rings. The number of para-hydroxylation sites is 1. The third kappa shape index (κ3) is 7.49. The van der Waals surface area contributed by atoms with Crippen LogP contribution in [0.25, 0.3) is 10.9 Å². The van der Waals surface area contributed by atoms with Gasteiger partial charge in [-0.25, -0.2) is 4.79 Å². The van der Waals surface area contributed by atoms with Gasteiger partial charge in [-0.1, -0.05) is 18.2 Å². The highest BCUT2D eigenvalue weighted by atomic mass is 16.4. The van der Waals surface area contributed by atoms with E-state index in [0.717, 1.165) is 16.5 Å². The van der Waals surface area contributed by atoms with E-state index in [1.807, 2.05) is 29.6 Å². The van der Waals surface area contributed by atoms with Crippen molar-refractivity contribution in [1.29, 1.82) is 0 Å². The molecule has 0 aliphatic carbocycles. The fourth-order valence-corrected chi connectivity index (χ4v) is 3.22. The van der Waals surface area contributed by atoms with Crippen LogP contribution in [-0.4, -0.2) is 92.5 Å². The Balaban J connectivity index is 2.06.